The number of amides is 1. The maximum atomic E-state index is 12.4. The van der Waals surface area contributed by atoms with E-state index in [2.05, 4.69) is 5.32 Å². The van der Waals surface area contributed by atoms with Crippen molar-refractivity contribution in [3.05, 3.63) is 35.9 Å². The molecule has 0 fully saturated rings. The van der Waals surface area contributed by atoms with E-state index in [0.717, 1.165) is 0 Å². The lowest BCUT2D eigenvalue weighted by molar-refractivity contribution is -0.169. The van der Waals surface area contributed by atoms with Gasteiger partial charge in [-0.25, -0.2) is 14.4 Å². The van der Waals surface area contributed by atoms with E-state index in [1.165, 1.54) is 0 Å². The zero-order valence-electron chi connectivity index (χ0n) is 17.1. The molecule has 0 saturated carbocycles. The Morgan fingerprint density at radius 3 is 1.96 bits per heavy atom. The lowest BCUT2D eigenvalue weighted by atomic mass is 10.1. The van der Waals surface area contributed by atoms with Crippen LogP contribution in [-0.2, 0) is 30.4 Å². The van der Waals surface area contributed by atoms with Crippen molar-refractivity contribution < 1.29 is 33.7 Å². The third-order valence-electron chi connectivity index (χ3n) is 3.11. The Labute approximate surface area is 165 Å². The number of aliphatic hydroxyl groups is 1. The molecule has 0 aliphatic heterocycles. The normalized spacial score (nSPS) is 13.8. The molecular formula is C20H29NO7. The van der Waals surface area contributed by atoms with E-state index in [0.29, 0.717) is 5.56 Å². The smallest absolute Gasteiger partial charge is 0.408 e. The van der Waals surface area contributed by atoms with Gasteiger partial charge in [0.2, 0.25) is 0 Å². The van der Waals surface area contributed by atoms with Gasteiger partial charge < -0.3 is 24.6 Å². The minimum absolute atomic E-state index is 0.0930. The number of hydrogen-bond acceptors (Lipinski definition) is 7. The van der Waals surface area contributed by atoms with Gasteiger partial charge in [-0.1, -0.05) is 30.3 Å². The van der Waals surface area contributed by atoms with Crippen LogP contribution in [0.15, 0.2) is 30.3 Å². The van der Waals surface area contributed by atoms with E-state index in [1.54, 1.807) is 65.8 Å². The van der Waals surface area contributed by atoms with Crippen molar-refractivity contribution >= 4 is 18.0 Å². The molecule has 1 aromatic rings. The first-order valence-corrected chi connectivity index (χ1v) is 8.89. The average molecular weight is 395 g/mol. The Kier molecular flexibility index (Phi) is 7.99. The minimum Gasteiger partial charge on any atom is -0.459 e. The fourth-order valence-corrected chi connectivity index (χ4v) is 2.02. The molecule has 0 bridgehead atoms. The number of rotatable bonds is 6. The summed E-state index contributed by atoms with van der Waals surface area (Å²) in [5, 5.41) is 12.5. The van der Waals surface area contributed by atoms with Crippen LogP contribution in [0.2, 0.25) is 0 Å². The van der Waals surface area contributed by atoms with Crippen LogP contribution in [0.3, 0.4) is 0 Å². The van der Waals surface area contributed by atoms with Gasteiger partial charge in [-0.2, -0.15) is 0 Å². The van der Waals surface area contributed by atoms with Gasteiger partial charge in [0.15, 0.2) is 12.1 Å². The highest BCUT2D eigenvalue weighted by Crippen LogP contribution is 2.13. The van der Waals surface area contributed by atoms with E-state index >= 15 is 0 Å². The fourth-order valence-electron chi connectivity index (χ4n) is 2.02. The summed E-state index contributed by atoms with van der Waals surface area (Å²) in [4.78, 5) is 36.7. The van der Waals surface area contributed by atoms with E-state index in [1.807, 2.05) is 6.07 Å². The number of ether oxygens (including phenoxy) is 3. The van der Waals surface area contributed by atoms with Crippen LogP contribution in [-0.4, -0.2) is 46.5 Å². The van der Waals surface area contributed by atoms with Gasteiger partial charge in [0.1, 0.15) is 17.8 Å². The zero-order valence-corrected chi connectivity index (χ0v) is 17.1. The van der Waals surface area contributed by atoms with Crippen LogP contribution < -0.4 is 5.32 Å². The molecular weight excluding hydrogens is 366 g/mol. The number of carbonyl (C=O) groups is 3. The van der Waals surface area contributed by atoms with Crippen LogP contribution in [0.5, 0.6) is 0 Å². The number of hydrogen-bond donors (Lipinski definition) is 2. The van der Waals surface area contributed by atoms with E-state index in [4.69, 9.17) is 14.2 Å². The van der Waals surface area contributed by atoms with Crippen molar-refractivity contribution in [3.8, 4) is 0 Å². The van der Waals surface area contributed by atoms with Gasteiger partial charge in [-0.05, 0) is 47.1 Å². The fraction of sp³-hybridized carbons (Fsp3) is 0.550. The summed E-state index contributed by atoms with van der Waals surface area (Å²) in [5.74, 6) is -2.06. The van der Waals surface area contributed by atoms with Crippen LogP contribution in [0.4, 0.5) is 4.79 Å². The van der Waals surface area contributed by atoms with Gasteiger partial charge in [0, 0.05) is 0 Å². The Morgan fingerprint density at radius 2 is 1.46 bits per heavy atom. The van der Waals surface area contributed by atoms with Crippen LogP contribution in [0.25, 0.3) is 0 Å². The number of carbonyl (C=O) groups excluding carboxylic acids is 3. The van der Waals surface area contributed by atoms with Crippen molar-refractivity contribution in [2.45, 2.75) is 71.5 Å². The topological polar surface area (TPSA) is 111 Å². The Hall–Kier alpha value is -2.61. The van der Waals surface area contributed by atoms with Crippen molar-refractivity contribution in [1.82, 2.24) is 5.32 Å². The Morgan fingerprint density at radius 1 is 0.929 bits per heavy atom. The third kappa shape index (κ3) is 8.85. The lowest BCUT2D eigenvalue weighted by Crippen LogP contribution is -2.54. The second-order valence-corrected chi connectivity index (χ2v) is 8.20. The summed E-state index contributed by atoms with van der Waals surface area (Å²) < 4.78 is 15.3. The number of aliphatic hydroxyl groups excluding tert-OH is 1. The van der Waals surface area contributed by atoms with Crippen LogP contribution in [0.1, 0.15) is 47.1 Å². The molecule has 0 aliphatic rings. The monoisotopic (exact) mass is 395 g/mol. The summed E-state index contributed by atoms with van der Waals surface area (Å²) in [5.41, 5.74) is -1.02. The largest absolute Gasteiger partial charge is 0.459 e. The maximum Gasteiger partial charge on any atom is 0.408 e. The molecule has 8 heteroatoms. The molecule has 0 aromatic heterocycles. The molecule has 8 nitrogen and oxygen atoms in total. The summed E-state index contributed by atoms with van der Waals surface area (Å²) in [6, 6.07) is 7.15. The summed E-state index contributed by atoms with van der Waals surface area (Å²) >= 11 is 0. The predicted octanol–water partition coefficient (Wildman–Crippen LogP) is 2.33. The maximum absolute atomic E-state index is 12.4. The molecule has 0 unspecified atom stereocenters. The van der Waals surface area contributed by atoms with Crippen molar-refractivity contribution in [2.24, 2.45) is 0 Å². The second-order valence-electron chi connectivity index (χ2n) is 8.20. The quantitative estimate of drug-likeness (QED) is 0.562. The minimum atomic E-state index is -1.97. The molecule has 0 heterocycles. The Bertz CT molecular complexity index is 674. The van der Waals surface area contributed by atoms with E-state index in [-0.39, 0.29) is 6.61 Å². The van der Waals surface area contributed by atoms with Gasteiger partial charge >= 0.3 is 18.0 Å². The number of esters is 2. The first kappa shape index (κ1) is 23.4. The first-order valence-electron chi connectivity index (χ1n) is 8.89. The number of benzene rings is 1. The first-order chi connectivity index (χ1) is 12.8. The van der Waals surface area contributed by atoms with Gasteiger partial charge in [0.25, 0.3) is 0 Å². The lowest BCUT2D eigenvalue weighted by Gasteiger charge is -2.27. The van der Waals surface area contributed by atoms with Crippen LogP contribution >= 0.6 is 0 Å². The third-order valence-corrected chi connectivity index (χ3v) is 3.11. The highest BCUT2D eigenvalue weighted by atomic mass is 16.6. The highest BCUT2D eigenvalue weighted by molar-refractivity contribution is 5.89. The zero-order chi connectivity index (χ0) is 21.5. The molecule has 0 aliphatic carbocycles. The molecule has 0 radical (unpaired) electrons. The summed E-state index contributed by atoms with van der Waals surface area (Å²) in [6.07, 6.45) is -2.94. The van der Waals surface area contributed by atoms with Gasteiger partial charge in [0.05, 0.1) is 0 Å². The van der Waals surface area contributed by atoms with E-state index < -0.39 is 41.4 Å². The Balaban J connectivity index is 2.87. The molecule has 0 spiro atoms. The SMILES string of the molecule is CC(C)(C)OC(=O)N[C@H](C(=O)OC(C)(C)C)[C@H](O)C(=O)OCc1ccccc1. The number of alkyl carbamates (subject to hydrolysis) is 1. The predicted molar refractivity (Wildman–Crippen MR) is 101 cm³/mol. The molecule has 1 amide bonds. The van der Waals surface area contributed by atoms with E-state index in [9.17, 15) is 19.5 Å². The second kappa shape index (κ2) is 9.54. The van der Waals surface area contributed by atoms with Gasteiger partial charge in [-0.3, -0.25) is 0 Å². The molecule has 156 valence electrons. The average Bonchev–Trinajstić information content (AvgIpc) is 2.54. The van der Waals surface area contributed by atoms with Crippen molar-refractivity contribution in [3.63, 3.8) is 0 Å². The highest BCUT2D eigenvalue weighted by Gasteiger charge is 2.38. The van der Waals surface area contributed by atoms with Crippen molar-refractivity contribution in [1.29, 1.82) is 0 Å². The summed E-state index contributed by atoms with van der Waals surface area (Å²) in [7, 11) is 0. The van der Waals surface area contributed by atoms with Crippen LogP contribution in [0, 0.1) is 0 Å². The molecule has 0 saturated heterocycles. The molecule has 1 rings (SSSR count). The molecule has 1 aromatic carbocycles. The molecule has 2 atom stereocenters. The summed E-state index contributed by atoms with van der Waals surface area (Å²) in [6.45, 7) is 9.68. The number of nitrogens with one attached hydrogen (secondary N) is 1. The van der Waals surface area contributed by atoms with Crippen molar-refractivity contribution in [2.75, 3.05) is 0 Å². The molecule has 2 N–H and O–H groups in total. The molecule has 28 heavy (non-hydrogen) atoms. The standard InChI is InChI=1S/C20H29NO7/c1-19(2,3)27-16(23)14(21-18(25)28-20(4,5)6)15(22)17(24)26-12-13-10-8-7-9-11-13/h7-11,14-15,22H,12H2,1-6H3,(H,21,25)/t14-,15-/m0/s1. The van der Waals surface area contributed by atoms with Gasteiger partial charge in [-0.15, -0.1) is 0 Å².